The van der Waals surface area contributed by atoms with Crippen molar-refractivity contribution in [1.82, 2.24) is 24.8 Å². The van der Waals surface area contributed by atoms with Gasteiger partial charge in [-0.3, -0.25) is 4.99 Å². The molecule has 1 saturated carbocycles. The van der Waals surface area contributed by atoms with Crippen molar-refractivity contribution in [2.75, 3.05) is 6.54 Å². The van der Waals surface area contributed by atoms with E-state index in [1.165, 1.54) is 25.7 Å². The summed E-state index contributed by atoms with van der Waals surface area (Å²) in [6.07, 6.45) is 10.4. The van der Waals surface area contributed by atoms with Crippen molar-refractivity contribution >= 4 is 22.8 Å². The van der Waals surface area contributed by atoms with Crippen LogP contribution in [0.5, 0.6) is 0 Å². The highest BCUT2D eigenvalue weighted by Crippen LogP contribution is 2.37. The van der Waals surface area contributed by atoms with Crippen LogP contribution in [0, 0.1) is 5.92 Å². The van der Waals surface area contributed by atoms with Crippen LogP contribution in [0.3, 0.4) is 0 Å². The fraction of sp³-hybridized carbons (Fsp3) is 0.500. The lowest BCUT2D eigenvalue weighted by Gasteiger charge is -2.26. The Bertz CT molecular complexity index is 806. The minimum Gasteiger partial charge on any atom is -0.346 e. The quantitative estimate of drug-likeness (QED) is 0.755. The number of aromatic nitrogens is 5. The van der Waals surface area contributed by atoms with E-state index in [4.69, 9.17) is 0 Å². The predicted octanol–water partition coefficient (Wildman–Crippen LogP) is 2.97. The van der Waals surface area contributed by atoms with Gasteiger partial charge in [0, 0.05) is 24.0 Å². The van der Waals surface area contributed by atoms with Crippen molar-refractivity contribution in [2.24, 2.45) is 10.9 Å². The van der Waals surface area contributed by atoms with Gasteiger partial charge in [0.2, 0.25) is 0 Å². The number of rotatable bonds is 3. The van der Waals surface area contributed by atoms with Crippen LogP contribution in [0.15, 0.2) is 23.6 Å². The molecule has 4 rings (SSSR count). The second kappa shape index (κ2) is 5.51. The zero-order valence-electron chi connectivity index (χ0n) is 12.7. The first-order chi connectivity index (χ1) is 10.9. The summed E-state index contributed by atoms with van der Waals surface area (Å²) in [6, 6.07) is 2.06. The molecule has 0 aliphatic heterocycles. The third-order valence-corrected chi connectivity index (χ3v) is 4.78. The highest BCUT2D eigenvalue weighted by atomic mass is 15.4. The number of nitrogens with zero attached hydrogens (tertiary/aromatic N) is 5. The molecule has 0 atom stereocenters. The van der Waals surface area contributed by atoms with Crippen LogP contribution >= 0.6 is 0 Å². The molecule has 0 spiro atoms. The summed E-state index contributed by atoms with van der Waals surface area (Å²) in [7, 11) is 0. The topological polar surface area (TPSA) is 71.2 Å². The first-order valence-electron chi connectivity index (χ1n) is 7.98. The van der Waals surface area contributed by atoms with E-state index < -0.39 is 0 Å². The molecule has 0 bridgehead atoms. The summed E-state index contributed by atoms with van der Waals surface area (Å²) in [5, 5.41) is 9.84. The summed E-state index contributed by atoms with van der Waals surface area (Å²) in [4.78, 5) is 11.9. The molecule has 0 radical (unpaired) electrons. The molecular weight excluding hydrogens is 276 g/mol. The van der Waals surface area contributed by atoms with Crippen molar-refractivity contribution < 1.29 is 0 Å². The van der Waals surface area contributed by atoms with Gasteiger partial charge in [-0.05, 0) is 50.8 Å². The Labute approximate surface area is 128 Å². The van der Waals surface area contributed by atoms with Gasteiger partial charge in [-0.2, -0.15) is 0 Å². The molecule has 22 heavy (non-hydrogen) atoms. The first-order valence-corrected chi connectivity index (χ1v) is 7.98. The minimum absolute atomic E-state index is 0.500. The maximum Gasteiger partial charge on any atom is 0.141 e. The molecule has 0 aromatic carbocycles. The molecule has 1 aliphatic rings. The molecule has 0 saturated heterocycles. The summed E-state index contributed by atoms with van der Waals surface area (Å²) in [5.74, 6) is 1.23. The molecule has 114 valence electrons. The molecule has 1 aliphatic carbocycles. The average molecular weight is 296 g/mol. The number of aliphatic imine (C=N–C) groups is 1. The van der Waals surface area contributed by atoms with Crippen molar-refractivity contribution in [2.45, 2.75) is 38.5 Å². The van der Waals surface area contributed by atoms with Gasteiger partial charge in [0.15, 0.2) is 0 Å². The fourth-order valence-electron chi connectivity index (χ4n) is 3.57. The Kier molecular flexibility index (Phi) is 3.36. The Morgan fingerprint density at radius 2 is 2.23 bits per heavy atom. The van der Waals surface area contributed by atoms with Crippen molar-refractivity contribution in [3.05, 3.63) is 24.3 Å². The van der Waals surface area contributed by atoms with Crippen LogP contribution in [-0.2, 0) is 0 Å². The number of aromatic amines is 1. The molecule has 6 heteroatoms. The SMILES string of the molecule is CC=NCC1CCC(c2nnn3cnc4[nH]ccc4c23)CC1. The van der Waals surface area contributed by atoms with Gasteiger partial charge in [0.25, 0.3) is 0 Å². The van der Waals surface area contributed by atoms with Crippen LogP contribution in [0.1, 0.15) is 44.2 Å². The number of fused-ring (bicyclic) bond motifs is 3. The molecule has 3 aromatic heterocycles. The first kappa shape index (κ1) is 13.4. The minimum atomic E-state index is 0.500. The van der Waals surface area contributed by atoms with E-state index in [9.17, 15) is 0 Å². The summed E-state index contributed by atoms with van der Waals surface area (Å²) in [5.41, 5.74) is 3.15. The van der Waals surface area contributed by atoms with E-state index in [0.29, 0.717) is 5.92 Å². The molecule has 6 nitrogen and oxygen atoms in total. The number of nitrogens with one attached hydrogen (secondary N) is 1. The van der Waals surface area contributed by atoms with Gasteiger partial charge < -0.3 is 4.98 Å². The van der Waals surface area contributed by atoms with E-state index in [1.54, 1.807) is 10.8 Å². The third-order valence-electron chi connectivity index (χ3n) is 4.78. The van der Waals surface area contributed by atoms with Gasteiger partial charge in [0.1, 0.15) is 17.5 Å². The summed E-state index contributed by atoms with van der Waals surface area (Å²) in [6.45, 7) is 2.96. The van der Waals surface area contributed by atoms with Gasteiger partial charge in [-0.25, -0.2) is 9.50 Å². The van der Waals surface area contributed by atoms with Crippen molar-refractivity contribution in [1.29, 1.82) is 0 Å². The lowest BCUT2D eigenvalue weighted by atomic mass is 9.80. The Morgan fingerprint density at radius 1 is 1.36 bits per heavy atom. The monoisotopic (exact) mass is 296 g/mol. The van der Waals surface area contributed by atoms with E-state index in [1.807, 2.05) is 19.3 Å². The Balaban J connectivity index is 1.63. The second-order valence-corrected chi connectivity index (χ2v) is 6.09. The Hall–Kier alpha value is -2.24. The summed E-state index contributed by atoms with van der Waals surface area (Å²) >= 11 is 0. The number of hydrogen-bond acceptors (Lipinski definition) is 4. The number of H-pyrrole nitrogens is 1. The van der Waals surface area contributed by atoms with E-state index >= 15 is 0 Å². The van der Waals surface area contributed by atoms with Crippen molar-refractivity contribution in [3.8, 4) is 0 Å². The molecule has 0 amide bonds. The highest BCUT2D eigenvalue weighted by molar-refractivity contribution is 5.92. The standard InChI is InChI=1S/C16H20N6/c1-2-17-9-11-3-5-12(6-4-11)14-15-13-7-8-18-16(13)19-10-22(15)21-20-14/h2,7-8,10-12,18H,3-6,9H2,1H3. The molecular formula is C16H20N6. The molecule has 3 aromatic rings. The molecule has 1 fully saturated rings. The predicted molar refractivity (Wildman–Crippen MR) is 86.4 cm³/mol. The molecule has 0 unspecified atom stereocenters. The fourth-order valence-corrected chi connectivity index (χ4v) is 3.57. The van der Waals surface area contributed by atoms with Gasteiger partial charge >= 0.3 is 0 Å². The summed E-state index contributed by atoms with van der Waals surface area (Å²) < 4.78 is 1.80. The van der Waals surface area contributed by atoms with Crippen LogP contribution < -0.4 is 0 Å². The van der Waals surface area contributed by atoms with Crippen LogP contribution in [0.4, 0.5) is 0 Å². The maximum atomic E-state index is 4.47. The largest absolute Gasteiger partial charge is 0.346 e. The Morgan fingerprint density at radius 3 is 3.05 bits per heavy atom. The average Bonchev–Trinajstić information content (AvgIpc) is 3.19. The van der Waals surface area contributed by atoms with Gasteiger partial charge in [-0.15, -0.1) is 5.10 Å². The second-order valence-electron chi connectivity index (χ2n) is 6.09. The maximum absolute atomic E-state index is 4.47. The zero-order valence-corrected chi connectivity index (χ0v) is 12.7. The zero-order chi connectivity index (χ0) is 14.9. The highest BCUT2D eigenvalue weighted by Gasteiger charge is 2.26. The van der Waals surface area contributed by atoms with Gasteiger partial charge in [-0.1, -0.05) is 5.21 Å². The normalized spacial score (nSPS) is 23.0. The van der Waals surface area contributed by atoms with Crippen LogP contribution in [-0.4, -0.2) is 37.6 Å². The lowest BCUT2D eigenvalue weighted by Crippen LogP contribution is -2.16. The molecule has 3 heterocycles. The van der Waals surface area contributed by atoms with E-state index in [-0.39, 0.29) is 0 Å². The smallest absolute Gasteiger partial charge is 0.141 e. The molecule has 1 N–H and O–H groups in total. The van der Waals surface area contributed by atoms with Gasteiger partial charge in [0.05, 0.1) is 5.69 Å². The lowest BCUT2D eigenvalue weighted by molar-refractivity contribution is 0.331. The van der Waals surface area contributed by atoms with Crippen LogP contribution in [0.2, 0.25) is 0 Å². The van der Waals surface area contributed by atoms with E-state index in [2.05, 4.69) is 31.3 Å². The number of hydrogen-bond donors (Lipinski definition) is 1. The van der Waals surface area contributed by atoms with Crippen molar-refractivity contribution in [3.63, 3.8) is 0 Å². The third kappa shape index (κ3) is 2.19. The van der Waals surface area contributed by atoms with Crippen LogP contribution in [0.25, 0.3) is 16.6 Å². The van der Waals surface area contributed by atoms with E-state index in [0.717, 1.165) is 34.7 Å².